The second-order valence-corrected chi connectivity index (χ2v) is 27.3. The number of nitrogens with one attached hydrogen (secondary N) is 7. The summed E-state index contributed by atoms with van der Waals surface area (Å²) in [5.41, 5.74) is 13.4. The van der Waals surface area contributed by atoms with Crippen molar-refractivity contribution in [3.05, 3.63) is 65.7 Å². The Morgan fingerprint density at radius 1 is 0.570 bits per heavy atom. The first kappa shape index (κ1) is 74.1. The summed E-state index contributed by atoms with van der Waals surface area (Å²) in [7, 11) is 0. The topological polar surface area (TPSA) is 530 Å². The maximum absolute atomic E-state index is 15.4. The number of guanidine groups is 2. The Labute approximate surface area is 573 Å². The normalized spacial score (nSPS) is 38.5. The molecule has 7 saturated heterocycles. The number of nitrogens with zero attached hydrogens (tertiary/aromatic N) is 3. The van der Waals surface area contributed by atoms with Crippen LogP contribution in [0.4, 0.5) is 0 Å². The number of ether oxygens (including phenoxy) is 11. The highest BCUT2D eigenvalue weighted by Gasteiger charge is 2.62. The Kier molecular flexibility index (Phi) is 22.3. The van der Waals surface area contributed by atoms with E-state index in [1.165, 1.54) is 29.2 Å². The number of hydrogen-bond donors (Lipinski definition) is 17. The van der Waals surface area contributed by atoms with E-state index >= 15 is 14.4 Å². The summed E-state index contributed by atoms with van der Waals surface area (Å²) in [5.74, 6) is -11.8. The second-order valence-electron chi connectivity index (χ2n) is 27.3. The molecule has 0 bridgehead atoms. The molecule has 6 amide bonds. The van der Waals surface area contributed by atoms with E-state index in [1.807, 2.05) is 0 Å². The summed E-state index contributed by atoms with van der Waals surface area (Å²) < 4.78 is 68.4. The van der Waals surface area contributed by atoms with Gasteiger partial charge in [-0.1, -0.05) is 49.4 Å². The van der Waals surface area contributed by atoms with Gasteiger partial charge in [-0.05, 0) is 64.8 Å². The number of carbonyl (C=O) groups excluding carboxylic acids is 6. The highest BCUT2D eigenvalue weighted by atomic mass is 16.8. The third-order valence-corrected chi connectivity index (χ3v) is 18.9. The van der Waals surface area contributed by atoms with Crippen LogP contribution in [0.3, 0.4) is 0 Å². The summed E-state index contributed by atoms with van der Waals surface area (Å²) in [5, 5.41) is 107. The van der Waals surface area contributed by atoms with E-state index in [-0.39, 0.29) is 24.2 Å². The van der Waals surface area contributed by atoms with Crippen LogP contribution in [0.25, 0.3) is 0 Å². The van der Waals surface area contributed by atoms with E-state index in [0.29, 0.717) is 11.1 Å². The lowest BCUT2D eigenvalue weighted by molar-refractivity contribution is -0.333. The Bertz CT molecular complexity index is 3340. The van der Waals surface area contributed by atoms with Gasteiger partial charge in [0.15, 0.2) is 47.9 Å². The molecule has 19 N–H and O–H groups in total. The van der Waals surface area contributed by atoms with E-state index in [4.69, 9.17) is 63.6 Å². The average molecular weight is 1420 g/mol. The highest BCUT2D eigenvalue weighted by Crippen LogP contribution is 2.44. The molecule has 25 unspecified atom stereocenters. The minimum Gasteiger partial charge on any atom is -0.462 e. The number of nitrogens with two attached hydrogens (primary N) is 2. The minimum absolute atomic E-state index is 0.151. The van der Waals surface area contributed by atoms with E-state index in [1.54, 1.807) is 78.8 Å². The fourth-order valence-corrected chi connectivity index (χ4v) is 13.9. The van der Waals surface area contributed by atoms with Gasteiger partial charge in [0.25, 0.3) is 0 Å². The number of fused-ring (bicyclic) bond motifs is 3. The average Bonchev–Trinajstić information content (AvgIpc) is 1.58. The number of aliphatic hydroxyl groups is 8. The predicted molar refractivity (Wildman–Crippen MR) is 339 cm³/mol. The maximum Gasteiger partial charge on any atom is 0.246 e. The zero-order chi connectivity index (χ0) is 72.0. The first-order chi connectivity index (χ1) is 47.4. The quantitative estimate of drug-likeness (QED) is 0.0699. The van der Waals surface area contributed by atoms with Gasteiger partial charge in [-0.3, -0.25) is 38.8 Å². The third-order valence-electron chi connectivity index (χ3n) is 18.9. The minimum atomic E-state index is -2.25. The van der Waals surface area contributed by atoms with Crippen LogP contribution in [0.5, 0.6) is 5.75 Å². The number of benzene rings is 2. The van der Waals surface area contributed by atoms with Crippen LogP contribution in [0.1, 0.15) is 65.5 Å². The van der Waals surface area contributed by atoms with Crippen molar-refractivity contribution in [1.29, 1.82) is 0 Å². The number of carbonyl (C=O) groups is 6. The molecule has 0 aromatic heterocycles. The fraction of sp³-hybridized carbons (Fsp3) is 0.683. The van der Waals surface area contributed by atoms with Crippen LogP contribution in [0, 0.1) is 0 Å². The first-order valence-corrected chi connectivity index (χ1v) is 33.0. The van der Waals surface area contributed by atoms with Gasteiger partial charge in [0.1, 0.15) is 115 Å². The van der Waals surface area contributed by atoms with Gasteiger partial charge < -0.3 is 147 Å². The van der Waals surface area contributed by atoms with Crippen molar-refractivity contribution >= 4 is 47.4 Å². The van der Waals surface area contributed by atoms with Gasteiger partial charge in [-0.2, -0.15) is 0 Å². The fourth-order valence-electron chi connectivity index (χ4n) is 13.9. The molecule has 25 atom stereocenters. The molecule has 0 saturated carbocycles. The van der Waals surface area contributed by atoms with Gasteiger partial charge >= 0.3 is 0 Å². The molecule has 7 fully saturated rings. The second kappa shape index (κ2) is 30.1. The molecule has 37 nitrogen and oxygen atoms in total. The SMILES string of the molecule is CC(c1ccccc1)C1NC(=O)CNC(=O)C(CO)NC(=O)C(C(O)C2CN=C(N)N2C2OC(CO)C(O)C3OC(C)(C)OC32)NC(=O)C(C(O)C2CN=C(N)N2)NC(=O)C(Cc2ccc(OC3OC(CO)C(OC4OC(CO)C(O)C5OC(C)(C)OC45)C4OC(C)(C)OC34)cc2)NC1=O. The van der Waals surface area contributed by atoms with E-state index < -0.39 is 251 Å². The van der Waals surface area contributed by atoms with Crippen LogP contribution >= 0.6 is 0 Å². The van der Waals surface area contributed by atoms with Crippen LogP contribution < -0.4 is 53.4 Å². The molecule has 0 radical (unpaired) electrons. The molecular weight excluding hydrogens is 1320 g/mol. The summed E-state index contributed by atoms with van der Waals surface area (Å²) in [6.45, 7) is 6.70. The van der Waals surface area contributed by atoms with Crippen molar-refractivity contribution in [2.45, 2.75) is 225 Å². The molecule has 552 valence electrons. The number of amides is 6. The van der Waals surface area contributed by atoms with Crippen molar-refractivity contribution in [2.24, 2.45) is 21.5 Å². The molecule has 9 heterocycles. The van der Waals surface area contributed by atoms with Gasteiger partial charge in [0, 0.05) is 12.3 Å². The Morgan fingerprint density at radius 3 is 1.73 bits per heavy atom. The molecule has 37 heteroatoms. The van der Waals surface area contributed by atoms with Gasteiger partial charge in [0.05, 0.1) is 58.1 Å². The van der Waals surface area contributed by atoms with E-state index in [2.05, 4.69) is 47.2 Å². The van der Waals surface area contributed by atoms with Crippen molar-refractivity contribution in [2.75, 3.05) is 46.1 Å². The van der Waals surface area contributed by atoms with Gasteiger partial charge in [-0.15, -0.1) is 0 Å². The first-order valence-electron chi connectivity index (χ1n) is 33.0. The highest BCUT2D eigenvalue weighted by molar-refractivity contribution is 5.98. The Morgan fingerprint density at radius 2 is 1.11 bits per heavy atom. The van der Waals surface area contributed by atoms with Gasteiger partial charge in [-0.25, -0.2) is 0 Å². The summed E-state index contributed by atoms with van der Waals surface area (Å²) in [4.78, 5) is 98.1. The van der Waals surface area contributed by atoms with Crippen LogP contribution in [0.2, 0.25) is 0 Å². The number of aliphatic imine (C=N–C) groups is 2. The molecule has 100 heavy (non-hydrogen) atoms. The summed E-state index contributed by atoms with van der Waals surface area (Å²) in [6.07, 6.45) is -22.4. The van der Waals surface area contributed by atoms with Crippen LogP contribution in [-0.4, -0.2) is 303 Å². The molecular formula is C63H90N12O25. The zero-order valence-electron chi connectivity index (χ0n) is 55.8. The zero-order valence-corrected chi connectivity index (χ0v) is 55.8. The third kappa shape index (κ3) is 15.8. The predicted octanol–water partition coefficient (Wildman–Crippen LogP) is -8.22. The summed E-state index contributed by atoms with van der Waals surface area (Å²) >= 11 is 0. The number of aliphatic hydroxyl groups excluding tert-OH is 8. The molecule has 2 aromatic rings. The van der Waals surface area contributed by atoms with E-state index in [9.17, 15) is 55.2 Å². The van der Waals surface area contributed by atoms with E-state index in [0.717, 1.165) is 0 Å². The summed E-state index contributed by atoms with van der Waals surface area (Å²) in [6, 6.07) is 2.30. The monoisotopic (exact) mass is 1410 g/mol. The van der Waals surface area contributed by atoms with Crippen molar-refractivity contribution in [3.63, 3.8) is 0 Å². The van der Waals surface area contributed by atoms with Crippen molar-refractivity contribution in [3.8, 4) is 5.75 Å². The number of hydrogen-bond acceptors (Lipinski definition) is 31. The molecule has 9 aliphatic rings. The lowest BCUT2D eigenvalue weighted by atomic mass is 9.92. The molecule has 0 aliphatic carbocycles. The Hall–Kier alpha value is -7.12. The van der Waals surface area contributed by atoms with Crippen LogP contribution in [0.15, 0.2) is 64.6 Å². The number of rotatable bonds is 17. The van der Waals surface area contributed by atoms with Gasteiger partial charge in [0.2, 0.25) is 41.7 Å². The van der Waals surface area contributed by atoms with Crippen LogP contribution in [-0.2, 0) is 82.6 Å². The standard InChI is InChI=1S/C63H90N12O25/c1-25(27-11-9-8-10-12-27)37-53(87)69-29(17-26-13-15-28(16-14-26)90-57-50-47(97-63(6,7)100-50)44(35(24-79)93-57)94-58-49-46(96-62(4,5)99-49)43(84)34(23-78)92-58)52(86)73-38(40(81)30-18-67-59(64)71-30)55(89)74-39(54(88)70-31(21-76)51(85)66-20-36(80)72-37)41(82)32-19-68-60(65)75(32)56-48-45(95-61(2,3)98-48)42(83)33(22-77)91-56/h8-16,25,29-35,37-50,56-58,76-79,81-84H,17-24H2,1-7H3,(H2,65,68)(H,66,85)(H,69,87)(H,70,88)(H,72,80)(H,73,86)(H,74,89)(H3,64,67,71). The lowest BCUT2D eigenvalue weighted by Gasteiger charge is -2.46. The van der Waals surface area contributed by atoms with Crippen molar-refractivity contribution < 1.29 is 122 Å². The largest absolute Gasteiger partial charge is 0.462 e. The van der Waals surface area contributed by atoms with Crippen molar-refractivity contribution in [1.82, 2.24) is 42.1 Å². The Balaban J connectivity index is 0.894. The maximum atomic E-state index is 15.4. The molecule has 11 rings (SSSR count). The molecule has 9 aliphatic heterocycles. The molecule has 2 aromatic carbocycles. The smallest absolute Gasteiger partial charge is 0.246 e. The molecule has 0 spiro atoms. The lowest BCUT2D eigenvalue weighted by Crippen LogP contribution is -2.70.